The van der Waals surface area contributed by atoms with Crippen molar-refractivity contribution in [1.82, 2.24) is 9.80 Å². The zero-order valence-electron chi connectivity index (χ0n) is 35.3. The molecular weight excluding hydrogens is 889 g/mol. The van der Waals surface area contributed by atoms with Crippen LogP contribution < -0.4 is 17.0 Å². The fraction of sp³-hybridized carbons (Fsp3) is 0.460. The second-order valence-corrected chi connectivity index (χ2v) is 18.4. The van der Waals surface area contributed by atoms with Crippen LogP contribution in [0.3, 0.4) is 0 Å². The van der Waals surface area contributed by atoms with Crippen LogP contribution in [0.1, 0.15) is 99.1 Å². The molecule has 6 aliphatic carbocycles. The molecule has 3 heterocycles. The Kier molecular flexibility index (Phi) is 15.7. The molecule has 0 radical (unpaired) electrons. The molecule has 63 heavy (non-hydrogen) atoms. The smallest absolute Gasteiger partial charge is 1.00 e. The summed E-state index contributed by atoms with van der Waals surface area (Å²) in [5, 5.41) is 10.8. The molecule has 9 fully saturated rings. The van der Waals surface area contributed by atoms with E-state index in [0.29, 0.717) is 49.7 Å². The Morgan fingerprint density at radius 2 is 1.16 bits per heavy atom. The Bertz CT molecular complexity index is 2110. The number of hydrogen-bond acceptors (Lipinski definition) is 5. The van der Waals surface area contributed by atoms with Gasteiger partial charge in [-0.3, -0.25) is 9.59 Å². The van der Waals surface area contributed by atoms with Crippen LogP contribution in [0.4, 0.5) is 17.6 Å². The van der Waals surface area contributed by atoms with Gasteiger partial charge in [0.1, 0.15) is 30.3 Å². The normalized spacial score (nSPS) is 31.6. The number of benzene rings is 4. The van der Waals surface area contributed by atoms with E-state index >= 15 is 0 Å². The van der Waals surface area contributed by atoms with Gasteiger partial charge in [0.15, 0.2) is 0 Å². The van der Waals surface area contributed by atoms with Gasteiger partial charge in [0.25, 0.3) is 0 Å². The molecule has 3 aliphatic heterocycles. The van der Waals surface area contributed by atoms with E-state index in [4.69, 9.17) is 4.74 Å². The largest absolute Gasteiger partial charge is 2.00 e. The SMILES string of the molecule is C1CCOC1.O=C(N1CC(F)CC1c1cccc(F)c1)C12CC(C(O)c3ccccc3)(C1)C2.O=CC12CC(C(=O)N3CC(F)CC3c3cccc(F)c3)(C1)C2.[Br-].[Mg+2].[c-]1ccccc1. The van der Waals surface area contributed by atoms with Crippen molar-refractivity contribution in [1.29, 1.82) is 0 Å². The number of aliphatic hydroxyl groups is 1. The molecule has 3 saturated heterocycles. The van der Waals surface area contributed by atoms with Crippen LogP contribution in [0.15, 0.2) is 109 Å². The molecule has 4 aromatic carbocycles. The minimum absolute atomic E-state index is 0. The monoisotopic (exact) mass is 940 g/mol. The maximum absolute atomic E-state index is 14.2. The first-order valence-corrected chi connectivity index (χ1v) is 21.5. The zero-order valence-corrected chi connectivity index (χ0v) is 38.3. The summed E-state index contributed by atoms with van der Waals surface area (Å²) in [6.07, 6.45) is 4.87. The first kappa shape index (κ1) is 48.8. The van der Waals surface area contributed by atoms with Crippen molar-refractivity contribution >= 4 is 41.2 Å². The van der Waals surface area contributed by atoms with E-state index in [1.165, 1.54) is 37.1 Å². The van der Waals surface area contributed by atoms with Crippen molar-refractivity contribution < 1.29 is 58.8 Å². The number of nitrogens with zero attached hydrogens (tertiary/aromatic N) is 2. The van der Waals surface area contributed by atoms with Gasteiger partial charge in [-0.15, -0.1) is 0 Å². The van der Waals surface area contributed by atoms with Crippen molar-refractivity contribution in [3.05, 3.63) is 144 Å². The molecule has 7 nitrogen and oxygen atoms in total. The number of amides is 2. The summed E-state index contributed by atoms with van der Waals surface area (Å²) >= 11 is 0. The van der Waals surface area contributed by atoms with Gasteiger partial charge in [-0.1, -0.05) is 54.6 Å². The maximum atomic E-state index is 14.2. The van der Waals surface area contributed by atoms with Crippen LogP contribution >= 0.6 is 0 Å². The third kappa shape index (κ3) is 9.98. The summed E-state index contributed by atoms with van der Waals surface area (Å²) in [5.74, 6) is -0.852. The van der Waals surface area contributed by atoms with E-state index in [2.05, 4.69) is 6.07 Å². The molecule has 0 aromatic heterocycles. The van der Waals surface area contributed by atoms with Gasteiger partial charge in [-0.2, -0.15) is 36.4 Å². The van der Waals surface area contributed by atoms with Gasteiger partial charge in [0.2, 0.25) is 11.8 Å². The summed E-state index contributed by atoms with van der Waals surface area (Å²) in [5.41, 5.74) is 0.705. The summed E-state index contributed by atoms with van der Waals surface area (Å²) in [7, 11) is 0. The van der Waals surface area contributed by atoms with Gasteiger partial charge in [-0.05, 0) is 92.3 Å². The Labute approximate surface area is 393 Å². The fourth-order valence-electron chi connectivity index (χ4n) is 11.1. The number of likely N-dealkylation sites (tertiary alicyclic amines) is 2. The van der Waals surface area contributed by atoms with Crippen LogP contribution in [0.2, 0.25) is 0 Å². The van der Waals surface area contributed by atoms with Gasteiger partial charge >= 0.3 is 23.1 Å². The molecule has 4 aromatic rings. The number of aldehydes is 1. The van der Waals surface area contributed by atoms with Crippen molar-refractivity contribution in [2.24, 2.45) is 21.7 Å². The van der Waals surface area contributed by atoms with Crippen LogP contribution in [0.25, 0.3) is 0 Å². The van der Waals surface area contributed by atoms with Gasteiger partial charge in [0.05, 0.1) is 42.1 Å². The van der Waals surface area contributed by atoms with Crippen LogP contribution in [0.5, 0.6) is 0 Å². The number of alkyl halides is 2. The van der Waals surface area contributed by atoms with Crippen molar-refractivity contribution in [2.45, 2.75) is 94.7 Å². The molecule has 6 saturated carbocycles. The molecule has 5 atom stereocenters. The number of rotatable bonds is 7. The van der Waals surface area contributed by atoms with Crippen molar-refractivity contribution in [2.75, 3.05) is 26.3 Å². The third-order valence-corrected chi connectivity index (χ3v) is 13.9. The number of carbonyl (C=O) groups is 3. The van der Waals surface area contributed by atoms with Gasteiger partial charge in [0, 0.05) is 36.9 Å². The summed E-state index contributed by atoms with van der Waals surface area (Å²) in [4.78, 5) is 40.2. The zero-order chi connectivity index (χ0) is 42.8. The van der Waals surface area contributed by atoms with Crippen LogP contribution in [-0.2, 0) is 19.1 Å². The summed E-state index contributed by atoms with van der Waals surface area (Å²) < 4.78 is 60.1. The molecule has 2 amide bonds. The first-order valence-electron chi connectivity index (χ1n) is 21.5. The predicted molar refractivity (Wildman–Crippen MR) is 227 cm³/mol. The molecule has 330 valence electrons. The van der Waals surface area contributed by atoms with E-state index < -0.39 is 41.4 Å². The average Bonchev–Trinajstić information content (AvgIpc) is 4.00. The Morgan fingerprint density at radius 1 is 0.698 bits per heavy atom. The first-order chi connectivity index (χ1) is 29.4. The van der Waals surface area contributed by atoms with E-state index in [1.54, 1.807) is 34.1 Å². The van der Waals surface area contributed by atoms with Crippen molar-refractivity contribution in [3.63, 3.8) is 0 Å². The third-order valence-electron chi connectivity index (χ3n) is 13.9. The van der Waals surface area contributed by atoms with E-state index in [1.807, 2.05) is 60.7 Å². The molecule has 1 N–H and O–H groups in total. The molecule has 9 aliphatic rings. The Morgan fingerprint density at radius 3 is 1.54 bits per heavy atom. The summed E-state index contributed by atoms with van der Waals surface area (Å²) in [6.45, 7) is 2.13. The molecule has 0 spiro atoms. The van der Waals surface area contributed by atoms with E-state index in [-0.39, 0.29) is 100 Å². The van der Waals surface area contributed by atoms with E-state index in [9.17, 15) is 37.1 Å². The number of aliphatic hydroxyl groups excluding tert-OH is 1. The Balaban J connectivity index is 0.000000167. The number of halogens is 5. The second-order valence-electron chi connectivity index (χ2n) is 18.4. The predicted octanol–water partition coefficient (Wildman–Crippen LogP) is 6.05. The molecule has 5 unspecified atom stereocenters. The van der Waals surface area contributed by atoms with Crippen molar-refractivity contribution in [3.8, 4) is 0 Å². The minimum Gasteiger partial charge on any atom is -1.00 e. The quantitative estimate of drug-likeness (QED) is 0.106. The number of hydrogen-bond donors (Lipinski definition) is 1. The summed E-state index contributed by atoms with van der Waals surface area (Å²) in [6, 6.07) is 33.4. The van der Waals surface area contributed by atoms with Gasteiger partial charge < -0.3 is 41.4 Å². The second kappa shape index (κ2) is 20.3. The topological polar surface area (TPSA) is 87.1 Å². The standard InChI is InChI=1S/C23H23F2NO2.C17H17F2NO2.C6H5.C4H8O.BrH.Mg/c24-17-8-4-7-16(9-17)19-10-18(25)11-26(19)21(28)23-12-22(13-23,14-23)20(27)15-5-2-1-3-6-15;18-12-3-1-2-11(4-12)14-5-13(19)6-20(14)15(22)17-7-16(8-17,9-17)10-21;1-2-4-6-5-3-1;1-2-4-5-3-1;;/h1-9,18-20,27H,10-14H2;1-4,10,13-14H,5-9H2;1-5H;1-4H2;1H;/q;;-1;;;+2/p-1. The van der Waals surface area contributed by atoms with Crippen LogP contribution in [-0.4, -0.2) is 94.7 Å². The van der Waals surface area contributed by atoms with Gasteiger partial charge in [-0.25, -0.2) is 17.6 Å². The van der Waals surface area contributed by atoms with Crippen LogP contribution in [0, 0.1) is 39.4 Å². The number of ether oxygens (including phenoxy) is 1. The molecule has 13 heteroatoms. The Hall–Kier alpha value is -3.62. The average molecular weight is 942 g/mol. The van der Waals surface area contributed by atoms with E-state index in [0.717, 1.165) is 25.1 Å². The number of carbonyl (C=O) groups excluding carboxylic acids is 3. The molecule has 4 bridgehead atoms. The molecular formula is C50H53BrF4MgN2O5. The molecule has 13 rings (SSSR count). The fourth-order valence-corrected chi connectivity index (χ4v) is 11.1. The minimum atomic E-state index is -1.09. The maximum Gasteiger partial charge on any atom is 2.00 e.